The fourth-order valence-corrected chi connectivity index (χ4v) is 4.95. The molecule has 8 heteroatoms. The molecule has 0 aliphatic heterocycles. The summed E-state index contributed by atoms with van der Waals surface area (Å²) in [6, 6.07) is 4.63. The molecular weight excluding hydrogens is 449 g/mol. The zero-order valence-corrected chi connectivity index (χ0v) is 21.4. The second-order valence-electron chi connectivity index (χ2n) is 10.9. The number of nitrogens with one attached hydrogen (secondary N) is 3. The molecule has 35 heavy (non-hydrogen) atoms. The minimum Gasteiger partial charge on any atom is -0.444 e. The Labute approximate surface area is 207 Å². The Morgan fingerprint density at radius 2 is 1.89 bits per heavy atom. The first-order valence-corrected chi connectivity index (χ1v) is 12.7. The van der Waals surface area contributed by atoms with E-state index in [-0.39, 0.29) is 36.1 Å². The average Bonchev–Trinajstić information content (AvgIpc) is 3.18. The molecule has 2 aromatic rings. The molecule has 1 fully saturated rings. The smallest absolute Gasteiger partial charge is 0.407 e. The van der Waals surface area contributed by atoms with Gasteiger partial charge in [-0.05, 0) is 81.5 Å². The van der Waals surface area contributed by atoms with Crippen LogP contribution in [-0.2, 0) is 4.74 Å². The van der Waals surface area contributed by atoms with Gasteiger partial charge in [0.2, 0.25) is 0 Å². The number of benzene rings is 1. The Morgan fingerprint density at radius 1 is 1.17 bits per heavy atom. The number of fused-ring (bicyclic) bond motifs is 1. The van der Waals surface area contributed by atoms with E-state index in [1.807, 2.05) is 6.92 Å². The van der Waals surface area contributed by atoms with Crippen LogP contribution in [0.5, 0.6) is 0 Å². The maximum atomic E-state index is 14.0. The molecule has 2 atom stereocenters. The van der Waals surface area contributed by atoms with E-state index in [9.17, 15) is 19.1 Å². The second kappa shape index (κ2) is 11.9. The number of aromatic nitrogens is 1. The van der Waals surface area contributed by atoms with Gasteiger partial charge in [0.15, 0.2) is 0 Å². The summed E-state index contributed by atoms with van der Waals surface area (Å²) >= 11 is 0. The molecule has 0 spiro atoms. The number of aliphatic hydroxyl groups excluding tert-OH is 1. The normalized spacial score (nSPS) is 16.6. The second-order valence-corrected chi connectivity index (χ2v) is 10.9. The molecule has 194 valence electrons. The third kappa shape index (κ3) is 7.69. The van der Waals surface area contributed by atoms with Crippen molar-refractivity contribution in [3.63, 3.8) is 0 Å². The Balaban J connectivity index is 1.61. The minimum absolute atomic E-state index is 0.0759. The van der Waals surface area contributed by atoms with E-state index >= 15 is 0 Å². The fraction of sp³-hybridized carbons (Fsp3) is 0.630. The Bertz CT molecular complexity index is 1010. The number of ether oxygens (including phenoxy) is 1. The maximum Gasteiger partial charge on any atom is 0.407 e. The molecule has 3 rings (SSSR count). The van der Waals surface area contributed by atoms with E-state index in [1.54, 1.807) is 26.8 Å². The number of amides is 2. The number of aliphatic hydroxyl groups is 1. The van der Waals surface area contributed by atoms with Crippen LogP contribution in [0.15, 0.2) is 18.2 Å². The van der Waals surface area contributed by atoms with Crippen LogP contribution in [0.3, 0.4) is 0 Å². The SMILES string of the molecule is C[C@@H](CNC(=O)c1[nH]c2ccc(F)cc2c1C1CCCCC1)CC(CO)CNC(=O)OC(C)(C)C. The van der Waals surface area contributed by atoms with Gasteiger partial charge in [-0.2, -0.15) is 0 Å². The van der Waals surface area contributed by atoms with Crippen molar-refractivity contribution in [1.29, 1.82) is 0 Å². The van der Waals surface area contributed by atoms with Gasteiger partial charge >= 0.3 is 6.09 Å². The Kier molecular flexibility index (Phi) is 9.16. The number of hydrogen-bond donors (Lipinski definition) is 4. The number of aromatic amines is 1. The summed E-state index contributed by atoms with van der Waals surface area (Å²) in [6.45, 7) is 8.03. The van der Waals surface area contributed by atoms with Gasteiger partial charge in [0.05, 0.1) is 0 Å². The predicted octanol–water partition coefficient (Wildman–Crippen LogP) is 5.24. The number of H-pyrrole nitrogens is 1. The molecule has 0 bridgehead atoms. The molecule has 0 saturated heterocycles. The molecule has 1 aliphatic rings. The summed E-state index contributed by atoms with van der Waals surface area (Å²) < 4.78 is 19.3. The number of carbonyl (C=O) groups excluding carboxylic acids is 2. The quantitative estimate of drug-likeness (QED) is 0.386. The van der Waals surface area contributed by atoms with Crippen LogP contribution >= 0.6 is 0 Å². The summed E-state index contributed by atoms with van der Waals surface area (Å²) in [5.41, 5.74) is 1.65. The predicted molar refractivity (Wildman–Crippen MR) is 135 cm³/mol. The van der Waals surface area contributed by atoms with E-state index < -0.39 is 11.7 Å². The Hall–Kier alpha value is -2.61. The van der Waals surface area contributed by atoms with Crippen molar-refractivity contribution in [2.45, 2.75) is 77.7 Å². The first-order chi connectivity index (χ1) is 16.6. The van der Waals surface area contributed by atoms with Gasteiger partial charge < -0.3 is 25.5 Å². The van der Waals surface area contributed by atoms with Gasteiger partial charge in [0, 0.05) is 30.6 Å². The molecule has 1 aromatic carbocycles. The molecule has 4 N–H and O–H groups in total. The van der Waals surface area contributed by atoms with Crippen molar-refractivity contribution >= 4 is 22.9 Å². The lowest BCUT2D eigenvalue weighted by molar-refractivity contribution is 0.0509. The summed E-state index contributed by atoms with van der Waals surface area (Å²) in [7, 11) is 0. The van der Waals surface area contributed by atoms with Crippen LogP contribution < -0.4 is 10.6 Å². The summed E-state index contributed by atoms with van der Waals surface area (Å²) in [4.78, 5) is 28.3. The third-order valence-electron chi connectivity index (χ3n) is 6.58. The highest BCUT2D eigenvalue weighted by Crippen LogP contribution is 2.39. The zero-order chi connectivity index (χ0) is 25.6. The average molecular weight is 490 g/mol. The lowest BCUT2D eigenvalue weighted by Crippen LogP contribution is -2.37. The number of carbonyl (C=O) groups is 2. The highest BCUT2D eigenvalue weighted by Gasteiger charge is 2.27. The number of rotatable bonds is 9. The van der Waals surface area contributed by atoms with E-state index in [0.29, 0.717) is 25.2 Å². The van der Waals surface area contributed by atoms with Crippen molar-refractivity contribution in [3.8, 4) is 0 Å². The molecular formula is C27H40FN3O4. The van der Waals surface area contributed by atoms with Crippen molar-refractivity contribution in [2.75, 3.05) is 19.7 Å². The van der Waals surface area contributed by atoms with Crippen molar-refractivity contribution in [2.24, 2.45) is 11.8 Å². The number of halogens is 1. The largest absolute Gasteiger partial charge is 0.444 e. The molecule has 1 heterocycles. The van der Waals surface area contributed by atoms with Crippen LogP contribution in [-0.4, -0.2) is 47.4 Å². The molecule has 0 radical (unpaired) electrons. The molecule has 1 aliphatic carbocycles. The van der Waals surface area contributed by atoms with Gasteiger partial charge in [-0.15, -0.1) is 0 Å². The highest BCUT2D eigenvalue weighted by molar-refractivity contribution is 6.01. The van der Waals surface area contributed by atoms with Crippen LogP contribution in [0, 0.1) is 17.7 Å². The van der Waals surface area contributed by atoms with Gasteiger partial charge in [-0.3, -0.25) is 4.79 Å². The highest BCUT2D eigenvalue weighted by atomic mass is 19.1. The summed E-state index contributed by atoms with van der Waals surface area (Å²) in [5.74, 6) is -0.319. The van der Waals surface area contributed by atoms with E-state index in [1.165, 1.54) is 18.6 Å². The first kappa shape index (κ1) is 27.0. The standard InChI is InChI=1S/C27H40FN3O4/c1-17(12-18(16-32)15-30-26(34)35-27(2,3)4)14-29-25(33)24-23(19-8-6-5-7-9-19)21-13-20(28)10-11-22(21)31-24/h10-11,13,17-19,31-32H,5-9,12,14-16H2,1-4H3,(H,29,33)(H,30,34)/t17-,18?/m1/s1. The lowest BCUT2D eigenvalue weighted by Gasteiger charge is -2.23. The molecule has 1 unspecified atom stereocenters. The summed E-state index contributed by atoms with van der Waals surface area (Å²) in [5, 5.41) is 16.3. The fourth-order valence-electron chi connectivity index (χ4n) is 4.95. The summed E-state index contributed by atoms with van der Waals surface area (Å²) in [6.07, 6.45) is 5.55. The van der Waals surface area contributed by atoms with Crippen LogP contribution in [0.4, 0.5) is 9.18 Å². The van der Waals surface area contributed by atoms with Gasteiger partial charge in [0.25, 0.3) is 5.91 Å². The van der Waals surface area contributed by atoms with Gasteiger partial charge in [-0.25, -0.2) is 9.18 Å². The monoisotopic (exact) mass is 489 g/mol. The Morgan fingerprint density at radius 3 is 2.54 bits per heavy atom. The maximum absolute atomic E-state index is 14.0. The van der Waals surface area contributed by atoms with E-state index in [2.05, 4.69) is 15.6 Å². The topological polar surface area (TPSA) is 103 Å². The minimum atomic E-state index is -0.582. The van der Waals surface area contributed by atoms with Crippen molar-refractivity contribution in [3.05, 3.63) is 35.3 Å². The first-order valence-electron chi connectivity index (χ1n) is 12.7. The van der Waals surface area contributed by atoms with Crippen LogP contribution in [0.2, 0.25) is 0 Å². The lowest BCUT2D eigenvalue weighted by atomic mass is 9.82. The van der Waals surface area contributed by atoms with Crippen molar-refractivity contribution < 1.29 is 23.8 Å². The van der Waals surface area contributed by atoms with Crippen molar-refractivity contribution in [1.82, 2.24) is 15.6 Å². The number of hydrogen-bond acceptors (Lipinski definition) is 4. The number of alkyl carbamates (subject to hydrolysis) is 1. The van der Waals surface area contributed by atoms with E-state index in [4.69, 9.17) is 4.74 Å². The molecule has 2 amide bonds. The zero-order valence-electron chi connectivity index (χ0n) is 21.4. The van der Waals surface area contributed by atoms with Gasteiger partial charge in [0.1, 0.15) is 17.1 Å². The molecule has 7 nitrogen and oxygen atoms in total. The third-order valence-corrected chi connectivity index (χ3v) is 6.58. The molecule has 1 aromatic heterocycles. The van der Waals surface area contributed by atoms with Gasteiger partial charge in [-0.1, -0.05) is 26.2 Å². The van der Waals surface area contributed by atoms with Crippen LogP contribution in [0.25, 0.3) is 10.9 Å². The van der Waals surface area contributed by atoms with Crippen LogP contribution in [0.1, 0.15) is 88.2 Å². The molecule has 1 saturated carbocycles. The van der Waals surface area contributed by atoms with E-state index in [0.717, 1.165) is 42.1 Å².